The molecule has 196 valence electrons. The van der Waals surface area contributed by atoms with Crippen LogP contribution in [-0.4, -0.2) is 62.4 Å². The first-order chi connectivity index (χ1) is 17.6. The fraction of sp³-hybridized carbons (Fsp3) is 0.375. The van der Waals surface area contributed by atoms with E-state index < -0.39 is 28.7 Å². The number of aromatic nitrogens is 4. The van der Waals surface area contributed by atoms with E-state index in [9.17, 15) is 22.8 Å². The lowest BCUT2D eigenvalue weighted by Crippen LogP contribution is -2.35. The molecule has 0 spiro atoms. The Kier molecular flexibility index (Phi) is 7.79. The van der Waals surface area contributed by atoms with E-state index in [1.165, 1.54) is 12.3 Å². The maximum atomic E-state index is 13.1. The molecule has 0 radical (unpaired) electrons. The topological polar surface area (TPSA) is 105 Å². The second-order valence-corrected chi connectivity index (χ2v) is 8.96. The molecular weight excluding hydrogens is 511 g/mol. The van der Waals surface area contributed by atoms with Crippen molar-refractivity contribution in [3.63, 3.8) is 0 Å². The average molecular weight is 536 g/mol. The van der Waals surface area contributed by atoms with Crippen molar-refractivity contribution in [2.75, 3.05) is 25.0 Å². The summed E-state index contributed by atoms with van der Waals surface area (Å²) in [6, 6.07) is 4.09. The molecule has 37 heavy (non-hydrogen) atoms. The van der Waals surface area contributed by atoms with Gasteiger partial charge in [-0.25, -0.2) is 4.68 Å². The number of carbonyl (C=O) groups excluding carboxylic acids is 2. The van der Waals surface area contributed by atoms with E-state index in [1.54, 1.807) is 28.0 Å². The Morgan fingerprint density at radius 2 is 1.97 bits per heavy atom. The average Bonchev–Trinajstić information content (AvgIpc) is 3.55. The smallest absolute Gasteiger partial charge is 0.339 e. The van der Waals surface area contributed by atoms with Gasteiger partial charge in [-0.1, -0.05) is 16.8 Å². The van der Waals surface area contributed by atoms with Crippen LogP contribution >= 0.6 is 11.6 Å². The minimum absolute atomic E-state index is 0.00153. The van der Waals surface area contributed by atoms with Crippen molar-refractivity contribution in [2.45, 2.75) is 38.5 Å². The molecule has 1 saturated heterocycles. The van der Waals surface area contributed by atoms with Crippen molar-refractivity contribution in [3.05, 3.63) is 59.0 Å². The summed E-state index contributed by atoms with van der Waals surface area (Å²) in [5, 5.41) is 13.5. The third kappa shape index (κ3) is 5.91. The summed E-state index contributed by atoms with van der Waals surface area (Å²) in [6.07, 6.45) is 0.541. The molecular formula is C24H25ClF3N7O2. The van der Waals surface area contributed by atoms with Crippen molar-refractivity contribution < 1.29 is 22.8 Å². The van der Waals surface area contributed by atoms with Gasteiger partial charge < -0.3 is 15.5 Å². The number of nitrogens with zero attached hydrogens (tertiary/aromatic N) is 5. The molecule has 13 heteroatoms. The zero-order valence-electron chi connectivity index (χ0n) is 20.1. The van der Waals surface area contributed by atoms with Gasteiger partial charge >= 0.3 is 6.18 Å². The quantitative estimate of drug-likeness (QED) is 0.473. The van der Waals surface area contributed by atoms with Crippen LogP contribution in [0.3, 0.4) is 0 Å². The lowest BCUT2D eigenvalue weighted by molar-refractivity contribution is -0.137. The molecule has 0 unspecified atom stereocenters. The molecule has 1 fully saturated rings. The molecule has 3 heterocycles. The number of amides is 2. The zero-order valence-corrected chi connectivity index (χ0v) is 20.8. The Morgan fingerprint density at radius 3 is 2.68 bits per heavy atom. The molecule has 1 aliphatic rings. The van der Waals surface area contributed by atoms with Gasteiger partial charge in [-0.05, 0) is 44.5 Å². The Morgan fingerprint density at radius 1 is 1.22 bits per heavy atom. The summed E-state index contributed by atoms with van der Waals surface area (Å²) >= 11 is 5.65. The Hall–Kier alpha value is -3.51. The predicted octanol–water partition coefficient (Wildman–Crippen LogP) is 4.04. The molecule has 2 amide bonds. The molecule has 9 nitrogen and oxygen atoms in total. The fourth-order valence-corrected chi connectivity index (χ4v) is 4.37. The first kappa shape index (κ1) is 26.6. The van der Waals surface area contributed by atoms with Gasteiger partial charge in [0, 0.05) is 43.3 Å². The van der Waals surface area contributed by atoms with Gasteiger partial charge in [-0.15, -0.1) is 5.10 Å². The second kappa shape index (κ2) is 10.9. The number of pyridine rings is 1. The van der Waals surface area contributed by atoms with Crippen LogP contribution in [0.2, 0.25) is 5.02 Å². The largest absolute Gasteiger partial charge is 0.417 e. The maximum absolute atomic E-state index is 13.1. The standard InChI is InChI=1S/C24H25ClF3N7O2/c1-3-34(4-2)23(37)15-7-14(10-29-11-15)21-13-35(33-32-21)17-9-20(30-12-17)22(36)31-16-5-6-19(25)18(8-16)24(26,27)28/h5-8,10-11,13,17,20,30H,3-4,9,12H2,1-2H3,(H,31,36)/t17-,20-/m0/s1. The molecule has 0 saturated carbocycles. The highest BCUT2D eigenvalue weighted by Gasteiger charge is 2.35. The lowest BCUT2D eigenvalue weighted by Gasteiger charge is -2.18. The number of rotatable bonds is 7. The van der Waals surface area contributed by atoms with E-state index in [1.807, 2.05) is 13.8 Å². The number of halogens is 4. The number of alkyl halides is 3. The third-order valence-electron chi connectivity index (χ3n) is 6.18. The van der Waals surface area contributed by atoms with Gasteiger partial charge in [0.25, 0.3) is 5.91 Å². The lowest BCUT2D eigenvalue weighted by atomic mass is 10.1. The van der Waals surface area contributed by atoms with Crippen molar-refractivity contribution in [2.24, 2.45) is 0 Å². The Balaban J connectivity index is 1.42. The summed E-state index contributed by atoms with van der Waals surface area (Å²) in [5.41, 5.74) is 0.590. The van der Waals surface area contributed by atoms with Crippen LogP contribution in [0.5, 0.6) is 0 Å². The number of anilines is 1. The second-order valence-electron chi connectivity index (χ2n) is 8.56. The normalized spacial score (nSPS) is 17.6. The predicted molar refractivity (Wildman–Crippen MR) is 131 cm³/mol. The van der Waals surface area contributed by atoms with Gasteiger partial charge in [-0.2, -0.15) is 13.2 Å². The van der Waals surface area contributed by atoms with Crippen LogP contribution in [0.15, 0.2) is 42.9 Å². The van der Waals surface area contributed by atoms with Crippen LogP contribution in [-0.2, 0) is 11.0 Å². The van der Waals surface area contributed by atoms with Crippen LogP contribution < -0.4 is 10.6 Å². The van der Waals surface area contributed by atoms with Gasteiger partial charge in [0.05, 0.1) is 34.4 Å². The Labute approximate surface area is 216 Å². The van der Waals surface area contributed by atoms with Gasteiger partial charge in [0.1, 0.15) is 5.69 Å². The molecule has 4 rings (SSSR count). The van der Waals surface area contributed by atoms with E-state index >= 15 is 0 Å². The number of nitrogens with one attached hydrogen (secondary N) is 2. The molecule has 0 bridgehead atoms. The summed E-state index contributed by atoms with van der Waals surface area (Å²) in [7, 11) is 0. The number of benzene rings is 1. The van der Waals surface area contributed by atoms with Crippen molar-refractivity contribution in [3.8, 4) is 11.3 Å². The Bertz CT molecular complexity index is 1290. The van der Waals surface area contributed by atoms with Gasteiger partial charge in [-0.3, -0.25) is 14.6 Å². The minimum Gasteiger partial charge on any atom is -0.339 e. The first-order valence-corrected chi connectivity index (χ1v) is 12.1. The third-order valence-corrected chi connectivity index (χ3v) is 6.51. The summed E-state index contributed by atoms with van der Waals surface area (Å²) in [4.78, 5) is 31.2. The van der Waals surface area contributed by atoms with Crippen LogP contribution in [0.25, 0.3) is 11.3 Å². The van der Waals surface area contributed by atoms with E-state index in [0.29, 0.717) is 42.9 Å². The zero-order chi connectivity index (χ0) is 26.7. The molecule has 1 aliphatic heterocycles. The number of carbonyl (C=O) groups is 2. The monoisotopic (exact) mass is 535 g/mol. The number of hydrogen-bond donors (Lipinski definition) is 2. The van der Waals surface area contributed by atoms with E-state index in [-0.39, 0.29) is 17.6 Å². The minimum atomic E-state index is -4.63. The van der Waals surface area contributed by atoms with Crippen LogP contribution in [0.1, 0.15) is 42.2 Å². The van der Waals surface area contributed by atoms with E-state index in [4.69, 9.17) is 11.6 Å². The van der Waals surface area contributed by atoms with Crippen molar-refractivity contribution in [1.82, 2.24) is 30.2 Å². The van der Waals surface area contributed by atoms with E-state index in [0.717, 1.165) is 12.1 Å². The molecule has 0 aliphatic carbocycles. The van der Waals surface area contributed by atoms with Crippen molar-refractivity contribution in [1.29, 1.82) is 0 Å². The number of hydrogen-bond acceptors (Lipinski definition) is 6. The summed E-state index contributed by atoms with van der Waals surface area (Å²) in [6.45, 7) is 5.39. The van der Waals surface area contributed by atoms with Crippen molar-refractivity contribution >= 4 is 29.1 Å². The summed E-state index contributed by atoms with van der Waals surface area (Å²) in [5.74, 6) is -0.589. The molecule has 1 aromatic carbocycles. The fourth-order valence-electron chi connectivity index (χ4n) is 4.15. The highest BCUT2D eigenvalue weighted by atomic mass is 35.5. The van der Waals surface area contributed by atoms with Crippen LogP contribution in [0.4, 0.5) is 18.9 Å². The van der Waals surface area contributed by atoms with E-state index in [2.05, 4.69) is 25.9 Å². The van der Waals surface area contributed by atoms with Crippen LogP contribution in [0, 0.1) is 0 Å². The summed E-state index contributed by atoms with van der Waals surface area (Å²) < 4.78 is 41.0. The maximum Gasteiger partial charge on any atom is 0.417 e. The highest BCUT2D eigenvalue weighted by Crippen LogP contribution is 2.36. The first-order valence-electron chi connectivity index (χ1n) is 11.7. The molecule has 2 N–H and O–H groups in total. The highest BCUT2D eigenvalue weighted by molar-refractivity contribution is 6.31. The molecule has 3 aromatic rings. The molecule has 2 atom stereocenters. The SMILES string of the molecule is CCN(CC)C(=O)c1cncc(-c2cn([C@@H]3CN[C@H](C(=O)Nc4ccc(Cl)c(C(F)(F)F)c4)C3)nn2)c1. The molecule has 2 aromatic heterocycles. The van der Waals surface area contributed by atoms with Gasteiger partial charge in [0.2, 0.25) is 5.91 Å². The van der Waals surface area contributed by atoms with Gasteiger partial charge in [0.15, 0.2) is 0 Å².